The molecule has 7 nitrogen and oxygen atoms in total. The number of nitrogen functional groups attached to an aromatic ring is 2. The van der Waals surface area contributed by atoms with Crippen LogP contribution >= 0.6 is 0 Å². The van der Waals surface area contributed by atoms with E-state index in [1.807, 2.05) is 0 Å². The Balaban J connectivity index is 0.00000225. The maximum Gasteiger partial charge on any atom is 1.00 e. The molecule has 8 heteroatoms. The number of nitrogens with zero attached hydrogens (tertiary/aromatic N) is 3. The first-order chi connectivity index (χ1) is 7.02. The molecule has 0 aliphatic rings. The minimum absolute atomic E-state index is 0. The fourth-order valence-corrected chi connectivity index (χ4v) is 1.05. The molecule has 0 atom stereocenters. The number of hydrogen-bond donors (Lipinski definition) is 2. The van der Waals surface area contributed by atoms with Gasteiger partial charge in [-0.05, 0) is 0 Å². The van der Waals surface area contributed by atoms with E-state index in [-0.39, 0.29) is 63.0 Å². The summed E-state index contributed by atoms with van der Waals surface area (Å²) in [6, 6.07) is 3.06. The van der Waals surface area contributed by atoms with Gasteiger partial charge in [-0.1, -0.05) is 0 Å². The van der Waals surface area contributed by atoms with Gasteiger partial charge in [-0.25, -0.2) is 4.98 Å². The molecule has 0 aliphatic heterocycles. The van der Waals surface area contributed by atoms with Gasteiger partial charge in [0, 0.05) is 5.56 Å². The summed E-state index contributed by atoms with van der Waals surface area (Å²) < 4.78 is 0. The SMILES string of the molecule is N#Cc1c(N)nc(N)c(C#N)c1C(=O)[O-].[K+]. The standard InChI is InChI=1S/C8H5N5O2.K/c9-1-3-5(8(14)15)4(2-10)7(12)13-6(3)11;/h(H,14,15)(H4,11,12,13);/q;+1/p-1. The van der Waals surface area contributed by atoms with Crippen LogP contribution in [0.4, 0.5) is 11.6 Å². The van der Waals surface area contributed by atoms with Crippen molar-refractivity contribution in [1.82, 2.24) is 4.98 Å². The largest absolute Gasteiger partial charge is 1.00 e. The molecule has 1 aromatic heterocycles. The molecular formula is C8H4KN5O2. The fraction of sp³-hybridized carbons (Fsp3) is 0. The number of anilines is 2. The maximum atomic E-state index is 10.7. The summed E-state index contributed by atoms with van der Waals surface area (Å²) in [6.07, 6.45) is 0. The van der Waals surface area contributed by atoms with Crippen LogP contribution in [0.5, 0.6) is 0 Å². The first-order valence-electron chi connectivity index (χ1n) is 3.63. The molecular weight excluding hydrogens is 237 g/mol. The number of carboxylic acids is 1. The zero-order valence-corrected chi connectivity index (χ0v) is 11.4. The smallest absolute Gasteiger partial charge is 0.545 e. The topological polar surface area (TPSA) is 153 Å². The van der Waals surface area contributed by atoms with Gasteiger partial charge >= 0.3 is 51.4 Å². The summed E-state index contributed by atoms with van der Waals surface area (Å²) in [5, 5.41) is 28.0. The van der Waals surface area contributed by atoms with Gasteiger partial charge in [0.05, 0.1) is 5.97 Å². The third-order valence-electron chi connectivity index (χ3n) is 1.68. The summed E-state index contributed by atoms with van der Waals surface area (Å²) in [4.78, 5) is 14.2. The third kappa shape index (κ3) is 2.50. The third-order valence-corrected chi connectivity index (χ3v) is 1.68. The molecule has 1 heterocycles. The summed E-state index contributed by atoms with van der Waals surface area (Å²) in [7, 11) is 0. The van der Waals surface area contributed by atoms with Crippen LogP contribution in [0.2, 0.25) is 0 Å². The van der Waals surface area contributed by atoms with E-state index >= 15 is 0 Å². The Kier molecular flexibility index (Phi) is 5.37. The molecule has 74 valence electrons. The number of nitriles is 2. The Labute approximate surface area is 133 Å². The quantitative estimate of drug-likeness (QED) is 0.469. The number of hydrogen-bond acceptors (Lipinski definition) is 7. The van der Waals surface area contributed by atoms with E-state index in [4.69, 9.17) is 22.0 Å². The van der Waals surface area contributed by atoms with Gasteiger partial charge in [0.1, 0.15) is 34.9 Å². The van der Waals surface area contributed by atoms with Gasteiger partial charge in [-0.2, -0.15) is 10.5 Å². The van der Waals surface area contributed by atoms with Crippen LogP contribution in [0, 0.1) is 22.7 Å². The molecule has 0 radical (unpaired) electrons. The second-order valence-corrected chi connectivity index (χ2v) is 2.52. The predicted octanol–water partition coefficient (Wildman–Crippen LogP) is -4.64. The van der Waals surface area contributed by atoms with Crippen molar-refractivity contribution in [2.45, 2.75) is 0 Å². The first-order valence-corrected chi connectivity index (χ1v) is 3.63. The van der Waals surface area contributed by atoms with E-state index in [1.54, 1.807) is 0 Å². The van der Waals surface area contributed by atoms with Crippen molar-refractivity contribution in [1.29, 1.82) is 10.5 Å². The van der Waals surface area contributed by atoms with Crippen LogP contribution in [-0.4, -0.2) is 11.0 Å². The van der Waals surface area contributed by atoms with Gasteiger partial charge in [-0.3, -0.25) is 0 Å². The Morgan fingerprint density at radius 1 is 1.19 bits per heavy atom. The molecule has 0 saturated heterocycles. The van der Waals surface area contributed by atoms with E-state index in [1.165, 1.54) is 12.1 Å². The van der Waals surface area contributed by atoms with E-state index < -0.39 is 22.7 Å². The minimum Gasteiger partial charge on any atom is -0.545 e. The first kappa shape index (κ1) is 14.8. The predicted molar refractivity (Wildman–Crippen MR) is 46.8 cm³/mol. The molecule has 4 N–H and O–H groups in total. The van der Waals surface area contributed by atoms with Crippen molar-refractivity contribution < 1.29 is 61.3 Å². The number of pyridine rings is 1. The van der Waals surface area contributed by atoms with Gasteiger partial charge in [0.2, 0.25) is 0 Å². The number of aromatic carboxylic acids is 1. The zero-order chi connectivity index (χ0) is 11.6. The molecule has 1 rings (SSSR count). The fourth-order valence-electron chi connectivity index (χ4n) is 1.05. The van der Waals surface area contributed by atoms with E-state index in [0.29, 0.717) is 0 Å². The van der Waals surface area contributed by atoms with Crippen LogP contribution in [0.15, 0.2) is 0 Å². The average Bonchev–Trinajstić information content (AvgIpc) is 2.16. The van der Waals surface area contributed by atoms with Crippen LogP contribution in [0.3, 0.4) is 0 Å². The van der Waals surface area contributed by atoms with Crippen molar-refractivity contribution >= 4 is 17.6 Å². The molecule has 0 fully saturated rings. The van der Waals surface area contributed by atoms with Crippen molar-refractivity contribution in [3.63, 3.8) is 0 Å². The summed E-state index contributed by atoms with van der Waals surface area (Å²) in [6.45, 7) is 0. The zero-order valence-electron chi connectivity index (χ0n) is 8.31. The second-order valence-electron chi connectivity index (χ2n) is 2.52. The number of nitrogens with two attached hydrogens (primary N) is 2. The summed E-state index contributed by atoms with van der Waals surface area (Å²) >= 11 is 0. The Morgan fingerprint density at radius 3 is 1.81 bits per heavy atom. The second kappa shape index (κ2) is 5.79. The molecule has 0 bridgehead atoms. The number of carboxylic acid groups (broad SMARTS) is 1. The van der Waals surface area contributed by atoms with E-state index in [9.17, 15) is 9.90 Å². The van der Waals surface area contributed by atoms with Crippen LogP contribution in [0.1, 0.15) is 21.5 Å². The molecule has 16 heavy (non-hydrogen) atoms. The number of aromatic nitrogens is 1. The van der Waals surface area contributed by atoms with Gasteiger partial charge < -0.3 is 21.4 Å². The van der Waals surface area contributed by atoms with Gasteiger partial charge in [0.25, 0.3) is 0 Å². The number of carbonyl (C=O) groups excluding carboxylic acids is 1. The normalized spacial score (nSPS) is 8.38. The van der Waals surface area contributed by atoms with Crippen LogP contribution in [-0.2, 0) is 0 Å². The number of carbonyl (C=O) groups is 1. The average molecular weight is 241 g/mol. The minimum atomic E-state index is -1.69. The molecule has 0 aliphatic carbocycles. The maximum absolute atomic E-state index is 10.7. The monoisotopic (exact) mass is 241 g/mol. The Hall–Kier alpha value is -1.16. The molecule has 1 aromatic rings. The van der Waals surface area contributed by atoms with Crippen molar-refractivity contribution in [3.8, 4) is 12.1 Å². The van der Waals surface area contributed by atoms with Crippen molar-refractivity contribution in [3.05, 3.63) is 16.7 Å². The van der Waals surface area contributed by atoms with E-state index in [2.05, 4.69) is 4.98 Å². The summed E-state index contributed by atoms with van der Waals surface area (Å²) in [5.74, 6) is -2.37. The summed E-state index contributed by atoms with van der Waals surface area (Å²) in [5.41, 5.74) is 9.11. The van der Waals surface area contributed by atoms with E-state index in [0.717, 1.165) is 0 Å². The molecule has 0 aromatic carbocycles. The molecule has 0 unspecified atom stereocenters. The van der Waals surface area contributed by atoms with Gasteiger partial charge in [-0.15, -0.1) is 0 Å². The molecule has 0 saturated carbocycles. The molecule has 0 amide bonds. The van der Waals surface area contributed by atoms with Gasteiger partial charge in [0.15, 0.2) is 0 Å². The molecule has 0 spiro atoms. The van der Waals surface area contributed by atoms with Crippen LogP contribution in [0.25, 0.3) is 0 Å². The van der Waals surface area contributed by atoms with Crippen molar-refractivity contribution in [2.75, 3.05) is 11.5 Å². The Morgan fingerprint density at radius 2 is 1.56 bits per heavy atom. The Bertz CT molecular complexity index is 490. The van der Waals surface area contributed by atoms with Crippen LogP contribution < -0.4 is 68.0 Å². The number of rotatable bonds is 1. The van der Waals surface area contributed by atoms with Crippen molar-refractivity contribution in [2.24, 2.45) is 0 Å².